The van der Waals surface area contributed by atoms with Crippen LogP contribution in [0.25, 0.3) is 0 Å². The van der Waals surface area contributed by atoms with Crippen LogP contribution in [0.4, 0.5) is 0 Å². The first-order valence-electron chi connectivity index (χ1n) is 20.8. The number of carbonyl (C=O) groups excluding carboxylic acids is 1. The fourth-order valence-corrected chi connectivity index (χ4v) is 6.69. The Morgan fingerprint density at radius 2 is 1.10 bits per heavy atom. The van der Waals surface area contributed by atoms with Crippen molar-refractivity contribution in [2.75, 3.05) is 6.61 Å². The Labute approximate surface area is 301 Å². The Kier molecular flexibility index (Phi) is 29.7. The molecule has 0 aromatic rings. The second-order valence-corrected chi connectivity index (χ2v) is 14.8. The average Bonchev–Trinajstić information content (AvgIpc) is 3.37. The standard InChI is InChI=1S/C41H79NO7/c1-4-6-8-10-12-14-16-18-19-20-22-24-26-28-30-32-37(45)42-35(33-48-41-39(47)38(46)40(49-41)34(3)43)36(44)31-29-27-25-23-21-17-15-13-11-9-7-5-2/h29,31,34-36,38-41,43-44,46-47H,4-28,30,32-33H2,1-3H3,(H,42,45)/b31-29+/t34-,35?,36?,38-,39-,40?,41?/m1/s1. The number of hydrogen-bond donors (Lipinski definition) is 5. The van der Waals surface area contributed by atoms with Crippen molar-refractivity contribution >= 4 is 5.91 Å². The normalized spacial score (nSPS) is 21.4. The minimum atomic E-state index is -1.33. The van der Waals surface area contributed by atoms with Gasteiger partial charge in [-0.05, 0) is 26.2 Å². The number of amides is 1. The summed E-state index contributed by atoms with van der Waals surface area (Å²) in [6.45, 7) is 5.89. The van der Waals surface area contributed by atoms with E-state index >= 15 is 0 Å². The third-order valence-electron chi connectivity index (χ3n) is 10.00. The van der Waals surface area contributed by atoms with Gasteiger partial charge in [0.1, 0.15) is 18.3 Å². The van der Waals surface area contributed by atoms with Crippen LogP contribution in [-0.2, 0) is 14.3 Å². The number of aliphatic hydroxyl groups excluding tert-OH is 4. The highest BCUT2D eigenvalue weighted by Gasteiger charge is 2.45. The van der Waals surface area contributed by atoms with E-state index in [9.17, 15) is 25.2 Å². The van der Waals surface area contributed by atoms with E-state index in [1.807, 2.05) is 6.08 Å². The molecule has 1 aliphatic heterocycles. The molecule has 0 saturated carbocycles. The van der Waals surface area contributed by atoms with Crippen molar-refractivity contribution in [3.8, 4) is 0 Å². The summed E-state index contributed by atoms with van der Waals surface area (Å²) in [6.07, 6.45) is 30.0. The summed E-state index contributed by atoms with van der Waals surface area (Å²) in [5, 5.41) is 44.3. The highest BCUT2D eigenvalue weighted by atomic mass is 16.7. The Balaban J connectivity index is 2.35. The van der Waals surface area contributed by atoms with E-state index < -0.39 is 42.9 Å². The van der Waals surface area contributed by atoms with Gasteiger partial charge < -0.3 is 35.2 Å². The minimum absolute atomic E-state index is 0.102. The largest absolute Gasteiger partial charge is 0.391 e. The van der Waals surface area contributed by atoms with Crippen LogP contribution in [0.3, 0.4) is 0 Å². The van der Waals surface area contributed by atoms with Crippen molar-refractivity contribution in [1.29, 1.82) is 0 Å². The fourth-order valence-electron chi connectivity index (χ4n) is 6.69. The molecule has 1 rings (SSSR count). The van der Waals surface area contributed by atoms with Crippen LogP contribution in [0.15, 0.2) is 12.2 Å². The molecule has 1 aliphatic rings. The smallest absolute Gasteiger partial charge is 0.220 e. The van der Waals surface area contributed by atoms with E-state index in [-0.39, 0.29) is 12.5 Å². The van der Waals surface area contributed by atoms with E-state index in [4.69, 9.17) is 9.47 Å². The van der Waals surface area contributed by atoms with Gasteiger partial charge in [-0.3, -0.25) is 4.79 Å². The van der Waals surface area contributed by atoms with E-state index in [0.717, 1.165) is 32.1 Å². The van der Waals surface area contributed by atoms with E-state index in [0.29, 0.717) is 6.42 Å². The third-order valence-corrected chi connectivity index (χ3v) is 10.00. The van der Waals surface area contributed by atoms with Gasteiger partial charge in [-0.1, -0.05) is 174 Å². The van der Waals surface area contributed by atoms with Crippen molar-refractivity contribution < 1.29 is 34.7 Å². The van der Waals surface area contributed by atoms with Gasteiger partial charge in [0.15, 0.2) is 6.29 Å². The second kappa shape index (κ2) is 31.7. The highest BCUT2D eigenvalue weighted by Crippen LogP contribution is 2.25. The molecule has 0 aromatic carbocycles. The Morgan fingerprint density at radius 3 is 1.53 bits per heavy atom. The summed E-state index contributed by atoms with van der Waals surface area (Å²) < 4.78 is 11.3. The predicted molar refractivity (Wildman–Crippen MR) is 201 cm³/mol. The molecule has 8 nitrogen and oxygen atoms in total. The predicted octanol–water partition coefficient (Wildman–Crippen LogP) is 8.80. The van der Waals surface area contributed by atoms with E-state index in [2.05, 4.69) is 19.2 Å². The average molecular weight is 698 g/mol. The number of allylic oxidation sites excluding steroid dienone is 1. The molecule has 290 valence electrons. The lowest BCUT2D eigenvalue weighted by Gasteiger charge is -2.25. The number of ether oxygens (including phenoxy) is 2. The Hall–Kier alpha value is -1.03. The molecule has 1 saturated heterocycles. The molecule has 1 amide bonds. The van der Waals surface area contributed by atoms with Gasteiger partial charge >= 0.3 is 0 Å². The Bertz CT molecular complexity index is 779. The summed E-state index contributed by atoms with van der Waals surface area (Å²) in [4.78, 5) is 12.9. The van der Waals surface area contributed by atoms with Crippen molar-refractivity contribution in [2.24, 2.45) is 0 Å². The van der Waals surface area contributed by atoms with Gasteiger partial charge in [0.05, 0.1) is 24.9 Å². The maximum absolute atomic E-state index is 12.9. The van der Waals surface area contributed by atoms with Crippen molar-refractivity contribution in [2.45, 2.75) is 237 Å². The van der Waals surface area contributed by atoms with Crippen LogP contribution >= 0.6 is 0 Å². The lowest BCUT2D eigenvalue weighted by Crippen LogP contribution is -2.47. The summed E-state index contributed by atoms with van der Waals surface area (Å²) >= 11 is 0. The SMILES string of the molecule is CCCCCCCCCCCC/C=C/C(O)C(COC1OC([C@@H](C)O)[C@H](O)[C@H]1O)NC(=O)CCCCCCCCCCCCCCCCC. The lowest BCUT2D eigenvalue weighted by atomic mass is 10.0. The highest BCUT2D eigenvalue weighted by molar-refractivity contribution is 5.76. The quantitative estimate of drug-likeness (QED) is 0.0336. The van der Waals surface area contributed by atoms with Crippen LogP contribution in [-0.4, -0.2) is 75.8 Å². The van der Waals surface area contributed by atoms with E-state index in [1.165, 1.54) is 142 Å². The van der Waals surface area contributed by atoms with Crippen LogP contribution in [0.5, 0.6) is 0 Å². The van der Waals surface area contributed by atoms with Gasteiger partial charge in [-0.25, -0.2) is 0 Å². The van der Waals surface area contributed by atoms with Gasteiger partial charge in [0.2, 0.25) is 5.91 Å². The fraction of sp³-hybridized carbons (Fsp3) is 0.927. The summed E-state index contributed by atoms with van der Waals surface area (Å²) in [6, 6.07) is -0.730. The van der Waals surface area contributed by atoms with Crippen molar-refractivity contribution in [3.05, 3.63) is 12.2 Å². The number of hydrogen-bond acceptors (Lipinski definition) is 7. The van der Waals surface area contributed by atoms with Crippen LogP contribution in [0.1, 0.15) is 194 Å². The van der Waals surface area contributed by atoms with Gasteiger partial charge in [0.25, 0.3) is 0 Å². The van der Waals surface area contributed by atoms with Gasteiger partial charge in [-0.15, -0.1) is 0 Å². The molecule has 8 heteroatoms. The second-order valence-electron chi connectivity index (χ2n) is 14.8. The minimum Gasteiger partial charge on any atom is -0.391 e. The molecule has 4 unspecified atom stereocenters. The maximum atomic E-state index is 12.9. The van der Waals surface area contributed by atoms with Crippen LogP contribution < -0.4 is 5.32 Å². The molecule has 0 aromatic heterocycles. The first-order chi connectivity index (χ1) is 23.8. The van der Waals surface area contributed by atoms with Crippen LogP contribution in [0, 0.1) is 0 Å². The summed E-state index contributed by atoms with van der Waals surface area (Å²) in [5.41, 5.74) is 0. The molecule has 0 spiro atoms. The number of carbonyl (C=O) groups is 1. The first kappa shape index (κ1) is 46.0. The molecule has 0 aliphatic carbocycles. The molecule has 0 radical (unpaired) electrons. The molecule has 49 heavy (non-hydrogen) atoms. The topological polar surface area (TPSA) is 128 Å². The summed E-state index contributed by atoms with van der Waals surface area (Å²) in [7, 11) is 0. The molecule has 5 N–H and O–H groups in total. The molecule has 1 fully saturated rings. The first-order valence-corrected chi connectivity index (χ1v) is 20.8. The molecular formula is C41H79NO7. The monoisotopic (exact) mass is 698 g/mol. The van der Waals surface area contributed by atoms with Crippen molar-refractivity contribution in [1.82, 2.24) is 5.32 Å². The molecule has 0 bridgehead atoms. The van der Waals surface area contributed by atoms with Gasteiger partial charge in [-0.2, -0.15) is 0 Å². The molecule has 7 atom stereocenters. The number of aliphatic hydroxyl groups is 4. The maximum Gasteiger partial charge on any atom is 0.220 e. The van der Waals surface area contributed by atoms with Gasteiger partial charge in [0, 0.05) is 6.42 Å². The third kappa shape index (κ3) is 24.0. The zero-order valence-corrected chi connectivity index (χ0v) is 32.0. The number of rotatable bonds is 34. The molecule has 1 heterocycles. The van der Waals surface area contributed by atoms with Crippen LogP contribution in [0.2, 0.25) is 0 Å². The zero-order chi connectivity index (χ0) is 36.0. The van der Waals surface area contributed by atoms with E-state index in [1.54, 1.807) is 6.08 Å². The number of unbranched alkanes of at least 4 members (excludes halogenated alkanes) is 24. The number of nitrogens with one attached hydrogen (secondary N) is 1. The molecular weight excluding hydrogens is 618 g/mol. The Morgan fingerprint density at radius 1 is 0.673 bits per heavy atom. The zero-order valence-electron chi connectivity index (χ0n) is 32.0. The van der Waals surface area contributed by atoms with Crippen molar-refractivity contribution in [3.63, 3.8) is 0 Å². The lowest BCUT2D eigenvalue weighted by molar-refractivity contribution is -0.182. The summed E-state index contributed by atoms with van der Waals surface area (Å²) in [5.74, 6) is -0.139.